The highest BCUT2D eigenvalue weighted by Gasteiger charge is 2.17. The molecule has 2 aromatic heterocycles. The van der Waals surface area contributed by atoms with Crippen molar-refractivity contribution >= 4 is 40.0 Å². The van der Waals surface area contributed by atoms with Crippen molar-refractivity contribution in [3.05, 3.63) is 71.4 Å². The lowest BCUT2D eigenvalue weighted by molar-refractivity contribution is -0.117. The van der Waals surface area contributed by atoms with E-state index in [4.69, 9.17) is 4.74 Å². The predicted molar refractivity (Wildman–Crippen MR) is 122 cm³/mol. The minimum Gasteiger partial charge on any atom is -0.475 e. The molecule has 0 radical (unpaired) electrons. The van der Waals surface area contributed by atoms with Crippen molar-refractivity contribution in [2.24, 2.45) is 0 Å². The SMILES string of the molecule is CC(=O)N(c1ccccc1)c1nc(/C=C/C(=O)NCc2cccnc2OC(C)C)cs1. The number of thiazole rings is 1. The molecule has 0 aliphatic carbocycles. The molecule has 1 aromatic carbocycles. The van der Waals surface area contributed by atoms with E-state index in [1.165, 1.54) is 24.3 Å². The van der Waals surface area contributed by atoms with Crippen LogP contribution in [-0.4, -0.2) is 27.9 Å². The highest BCUT2D eigenvalue weighted by atomic mass is 32.1. The maximum atomic E-state index is 12.2. The standard InChI is InChI=1S/C23H24N4O3S/c1-16(2)30-22-18(8-7-13-24-22)14-25-21(29)12-11-19-15-31-23(26-19)27(17(3)28)20-9-5-4-6-10-20/h4-13,15-16H,14H2,1-3H3,(H,25,29)/b12-11+. The fourth-order valence-electron chi connectivity index (χ4n) is 2.75. The smallest absolute Gasteiger partial charge is 0.244 e. The Morgan fingerprint density at radius 2 is 1.97 bits per heavy atom. The lowest BCUT2D eigenvalue weighted by Crippen LogP contribution is -2.22. The van der Waals surface area contributed by atoms with Gasteiger partial charge in [-0.05, 0) is 38.1 Å². The first-order valence-corrected chi connectivity index (χ1v) is 10.7. The predicted octanol–water partition coefficient (Wildman–Crippen LogP) is 4.34. The Kier molecular flexibility index (Phi) is 7.50. The number of carbonyl (C=O) groups excluding carboxylic acids is 2. The van der Waals surface area contributed by atoms with Crippen LogP contribution in [-0.2, 0) is 16.1 Å². The van der Waals surface area contributed by atoms with Crippen LogP contribution in [0.3, 0.4) is 0 Å². The molecule has 0 spiro atoms. The largest absolute Gasteiger partial charge is 0.475 e. The van der Waals surface area contributed by atoms with Crippen molar-refractivity contribution in [3.8, 4) is 5.88 Å². The number of aromatic nitrogens is 2. The quantitative estimate of drug-likeness (QED) is 0.531. The molecule has 0 aliphatic rings. The first-order chi connectivity index (χ1) is 14.9. The molecule has 0 unspecified atom stereocenters. The zero-order chi connectivity index (χ0) is 22.2. The fraction of sp³-hybridized carbons (Fsp3) is 0.217. The third-order valence-corrected chi connectivity index (χ3v) is 4.93. The number of hydrogen-bond donors (Lipinski definition) is 1. The van der Waals surface area contributed by atoms with Crippen LogP contribution in [0, 0.1) is 0 Å². The summed E-state index contributed by atoms with van der Waals surface area (Å²) in [7, 11) is 0. The van der Waals surface area contributed by atoms with E-state index in [-0.39, 0.29) is 17.9 Å². The third-order valence-electron chi connectivity index (χ3n) is 4.09. The molecular weight excluding hydrogens is 412 g/mol. The van der Waals surface area contributed by atoms with Gasteiger partial charge in [0.15, 0.2) is 5.13 Å². The Morgan fingerprint density at radius 3 is 2.68 bits per heavy atom. The van der Waals surface area contributed by atoms with Gasteiger partial charge < -0.3 is 10.1 Å². The number of amides is 2. The number of para-hydroxylation sites is 1. The van der Waals surface area contributed by atoms with Crippen molar-refractivity contribution in [3.63, 3.8) is 0 Å². The highest BCUT2D eigenvalue weighted by molar-refractivity contribution is 7.14. The van der Waals surface area contributed by atoms with Crippen LogP contribution in [0.25, 0.3) is 6.08 Å². The number of pyridine rings is 1. The Labute approximate surface area is 185 Å². The van der Waals surface area contributed by atoms with Crippen molar-refractivity contribution in [2.45, 2.75) is 33.4 Å². The maximum absolute atomic E-state index is 12.2. The molecule has 0 bridgehead atoms. The fourth-order valence-corrected chi connectivity index (χ4v) is 3.60. The van der Waals surface area contributed by atoms with Gasteiger partial charge in [-0.3, -0.25) is 14.5 Å². The third kappa shape index (κ3) is 6.23. The number of ether oxygens (including phenoxy) is 1. The van der Waals surface area contributed by atoms with E-state index < -0.39 is 0 Å². The molecule has 3 rings (SSSR count). The van der Waals surface area contributed by atoms with E-state index in [1.807, 2.05) is 50.2 Å². The summed E-state index contributed by atoms with van der Waals surface area (Å²) >= 11 is 1.34. The molecule has 7 nitrogen and oxygen atoms in total. The summed E-state index contributed by atoms with van der Waals surface area (Å²) in [6.07, 6.45) is 4.68. The number of anilines is 2. The van der Waals surface area contributed by atoms with Crippen molar-refractivity contribution in [1.82, 2.24) is 15.3 Å². The van der Waals surface area contributed by atoms with Crippen LogP contribution in [0.15, 0.2) is 60.1 Å². The van der Waals surface area contributed by atoms with E-state index in [9.17, 15) is 9.59 Å². The van der Waals surface area contributed by atoms with Crippen molar-refractivity contribution in [1.29, 1.82) is 0 Å². The average molecular weight is 437 g/mol. The lowest BCUT2D eigenvalue weighted by atomic mass is 10.2. The Bertz CT molecular complexity index is 1060. The minimum atomic E-state index is -0.264. The summed E-state index contributed by atoms with van der Waals surface area (Å²) in [6, 6.07) is 13.0. The minimum absolute atomic E-state index is 0.00596. The van der Waals surface area contributed by atoms with Gasteiger partial charge in [-0.1, -0.05) is 24.3 Å². The summed E-state index contributed by atoms with van der Waals surface area (Å²) < 4.78 is 5.67. The molecule has 0 fully saturated rings. The van der Waals surface area contributed by atoms with E-state index >= 15 is 0 Å². The van der Waals surface area contributed by atoms with Crippen LogP contribution in [0.2, 0.25) is 0 Å². The average Bonchev–Trinajstić information content (AvgIpc) is 3.20. The summed E-state index contributed by atoms with van der Waals surface area (Å²) in [5.74, 6) is 0.112. The Balaban J connectivity index is 1.63. The second-order valence-electron chi connectivity index (χ2n) is 6.93. The number of benzene rings is 1. The van der Waals surface area contributed by atoms with E-state index in [1.54, 1.807) is 28.6 Å². The summed E-state index contributed by atoms with van der Waals surface area (Å²) in [6.45, 7) is 5.64. The van der Waals surface area contributed by atoms with E-state index in [0.29, 0.717) is 23.3 Å². The van der Waals surface area contributed by atoms with Gasteiger partial charge in [0.05, 0.1) is 17.5 Å². The van der Waals surface area contributed by atoms with Gasteiger partial charge in [0.1, 0.15) is 0 Å². The first kappa shape index (κ1) is 22.2. The zero-order valence-corrected chi connectivity index (χ0v) is 18.4. The van der Waals surface area contributed by atoms with E-state index in [2.05, 4.69) is 15.3 Å². The molecule has 2 heterocycles. The summed E-state index contributed by atoms with van der Waals surface area (Å²) in [4.78, 5) is 34.6. The van der Waals surface area contributed by atoms with Crippen LogP contribution in [0.5, 0.6) is 5.88 Å². The topological polar surface area (TPSA) is 84.4 Å². The molecule has 0 aliphatic heterocycles. The first-order valence-electron chi connectivity index (χ1n) is 9.81. The Morgan fingerprint density at radius 1 is 1.19 bits per heavy atom. The molecule has 0 saturated heterocycles. The monoisotopic (exact) mass is 436 g/mol. The molecule has 31 heavy (non-hydrogen) atoms. The van der Waals surface area contributed by atoms with Crippen LogP contribution in [0.1, 0.15) is 32.0 Å². The van der Waals surface area contributed by atoms with Gasteiger partial charge >= 0.3 is 0 Å². The second kappa shape index (κ2) is 10.5. The Hall–Kier alpha value is -3.52. The van der Waals surface area contributed by atoms with Gasteiger partial charge in [-0.2, -0.15) is 0 Å². The van der Waals surface area contributed by atoms with Gasteiger partial charge in [0, 0.05) is 36.7 Å². The molecule has 1 N–H and O–H groups in total. The molecule has 0 atom stereocenters. The number of rotatable bonds is 8. The summed E-state index contributed by atoms with van der Waals surface area (Å²) in [5, 5.41) is 5.17. The summed E-state index contributed by atoms with van der Waals surface area (Å²) in [5.41, 5.74) is 2.14. The van der Waals surface area contributed by atoms with Crippen LogP contribution in [0.4, 0.5) is 10.8 Å². The van der Waals surface area contributed by atoms with Gasteiger partial charge in [0.25, 0.3) is 0 Å². The molecule has 0 saturated carbocycles. The van der Waals surface area contributed by atoms with Crippen molar-refractivity contribution in [2.75, 3.05) is 4.90 Å². The van der Waals surface area contributed by atoms with E-state index in [0.717, 1.165) is 11.3 Å². The van der Waals surface area contributed by atoms with Gasteiger partial charge in [0.2, 0.25) is 17.7 Å². The highest BCUT2D eigenvalue weighted by Crippen LogP contribution is 2.29. The molecule has 2 amide bonds. The molecule has 160 valence electrons. The molecular formula is C23H24N4O3S. The zero-order valence-electron chi connectivity index (χ0n) is 17.6. The number of nitrogens with zero attached hydrogens (tertiary/aromatic N) is 3. The second-order valence-corrected chi connectivity index (χ2v) is 7.77. The number of hydrogen-bond acceptors (Lipinski definition) is 6. The number of nitrogens with one attached hydrogen (secondary N) is 1. The maximum Gasteiger partial charge on any atom is 0.244 e. The van der Waals surface area contributed by atoms with Crippen LogP contribution >= 0.6 is 11.3 Å². The normalized spacial score (nSPS) is 11.0. The van der Waals surface area contributed by atoms with Gasteiger partial charge in [-0.25, -0.2) is 9.97 Å². The lowest BCUT2D eigenvalue weighted by Gasteiger charge is -2.17. The number of carbonyl (C=O) groups is 2. The van der Waals surface area contributed by atoms with Crippen molar-refractivity contribution < 1.29 is 14.3 Å². The molecule has 8 heteroatoms. The molecule has 3 aromatic rings. The van der Waals surface area contributed by atoms with Crippen LogP contribution < -0.4 is 15.0 Å². The van der Waals surface area contributed by atoms with Gasteiger partial charge in [-0.15, -0.1) is 11.3 Å².